The number of ether oxygens (including phenoxy) is 1. The maximum absolute atomic E-state index is 12.3. The molecule has 0 aliphatic heterocycles. The smallest absolute Gasteiger partial charge is 0.251 e. The molecule has 3 aromatic rings. The number of carbonyl (C=O) groups excluding carboxylic acids is 1. The van der Waals surface area contributed by atoms with E-state index in [4.69, 9.17) is 16.3 Å². The fraction of sp³-hybridized carbons (Fsp3) is 0.174. The van der Waals surface area contributed by atoms with Gasteiger partial charge in [-0.3, -0.25) is 9.10 Å². The fourth-order valence-corrected chi connectivity index (χ4v) is 3.90. The third-order valence-corrected chi connectivity index (χ3v) is 5.85. The van der Waals surface area contributed by atoms with Crippen LogP contribution >= 0.6 is 11.6 Å². The molecule has 6 nitrogen and oxygen atoms in total. The second kappa shape index (κ2) is 10.3. The van der Waals surface area contributed by atoms with Gasteiger partial charge in [-0.2, -0.15) is 0 Å². The molecule has 0 saturated heterocycles. The highest BCUT2D eigenvalue weighted by atomic mass is 35.5. The maximum Gasteiger partial charge on any atom is 0.251 e. The molecule has 1 N–H and O–H groups in total. The molecule has 0 unspecified atom stereocenters. The number of benzene rings is 3. The number of nitrogens with zero attached hydrogens (tertiary/aromatic N) is 1. The minimum absolute atomic E-state index is 0.165. The number of rotatable bonds is 9. The first-order chi connectivity index (χ1) is 14.8. The van der Waals surface area contributed by atoms with Crippen LogP contribution in [0.1, 0.15) is 15.9 Å². The van der Waals surface area contributed by atoms with Gasteiger partial charge in [-0.25, -0.2) is 8.42 Å². The molecule has 0 spiro atoms. The number of amides is 1. The monoisotopic (exact) mass is 458 g/mol. The highest BCUT2D eigenvalue weighted by Gasteiger charge is 2.18. The van der Waals surface area contributed by atoms with Gasteiger partial charge in [0.15, 0.2) is 0 Å². The van der Waals surface area contributed by atoms with E-state index in [0.717, 1.165) is 17.6 Å². The summed E-state index contributed by atoms with van der Waals surface area (Å²) >= 11 is 5.90. The first-order valence-electron chi connectivity index (χ1n) is 9.61. The number of hydrogen-bond acceptors (Lipinski definition) is 4. The molecule has 3 aromatic carbocycles. The topological polar surface area (TPSA) is 75.7 Å². The minimum atomic E-state index is -3.52. The zero-order valence-corrected chi connectivity index (χ0v) is 18.6. The van der Waals surface area contributed by atoms with Gasteiger partial charge in [-0.15, -0.1) is 0 Å². The Morgan fingerprint density at radius 1 is 0.968 bits per heavy atom. The first kappa shape index (κ1) is 22.7. The molecular weight excluding hydrogens is 436 g/mol. The standard InChI is InChI=1S/C23H23ClN2O4S/c1-31(28,29)26(17-18-7-11-20(24)12-8-18)21-13-9-19(10-14-21)23(27)25-15-16-30-22-5-3-2-4-6-22/h2-14H,15-17H2,1H3,(H,25,27). The Bertz CT molecular complexity index is 1100. The number of halogens is 1. The summed E-state index contributed by atoms with van der Waals surface area (Å²) < 4.78 is 31.5. The lowest BCUT2D eigenvalue weighted by molar-refractivity contribution is 0.0947. The van der Waals surface area contributed by atoms with E-state index in [9.17, 15) is 13.2 Å². The molecule has 162 valence electrons. The van der Waals surface area contributed by atoms with Crippen LogP contribution in [0.25, 0.3) is 0 Å². The van der Waals surface area contributed by atoms with E-state index >= 15 is 0 Å². The van der Waals surface area contributed by atoms with Crippen molar-refractivity contribution in [2.45, 2.75) is 6.54 Å². The summed E-state index contributed by atoms with van der Waals surface area (Å²) in [5, 5.41) is 3.37. The predicted molar refractivity (Wildman–Crippen MR) is 123 cm³/mol. The lowest BCUT2D eigenvalue weighted by atomic mass is 10.2. The quantitative estimate of drug-likeness (QED) is 0.489. The molecule has 31 heavy (non-hydrogen) atoms. The molecule has 0 heterocycles. The number of para-hydroxylation sites is 1. The SMILES string of the molecule is CS(=O)(=O)N(Cc1ccc(Cl)cc1)c1ccc(C(=O)NCCOc2ccccc2)cc1. The molecule has 3 rings (SSSR count). The predicted octanol–water partition coefficient (Wildman–Crippen LogP) is 4.12. The van der Waals surface area contributed by atoms with E-state index in [0.29, 0.717) is 29.4 Å². The largest absolute Gasteiger partial charge is 0.492 e. The molecule has 0 fully saturated rings. The van der Waals surface area contributed by atoms with Crippen LogP contribution in [-0.2, 0) is 16.6 Å². The molecule has 0 atom stereocenters. The van der Waals surface area contributed by atoms with Crippen molar-refractivity contribution in [1.29, 1.82) is 0 Å². The van der Waals surface area contributed by atoms with Gasteiger partial charge >= 0.3 is 0 Å². The summed E-state index contributed by atoms with van der Waals surface area (Å²) in [5.74, 6) is 0.481. The Balaban J connectivity index is 1.61. The third-order valence-electron chi connectivity index (χ3n) is 4.46. The van der Waals surface area contributed by atoms with Crippen molar-refractivity contribution in [3.8, 4) is 5.75 Å². The number of sulfonamides is 1. The zero-order chi connectivity index (χ0) is 22.3. The Morgan fingerprint density at radius 3 is 2.23 bits per heavy atom. The van der Waals surface area contributed by atoms with Crippen LogP contribution in [0.4, 0.5) is 5.69 Å². The molecular formula is C23H23ClN2O4S. The van der Waals surface area contributed by atoms with Gasteiger partial charge in [0, 0.05) is 10.6 Å². The number of nitrogens with one attached hydrogen (secondary N) is 1. The highest BCUT2D eigenvalue weighted by Crippen LogP contribution is 2.22. The van der Waals surface area contributed by atoms with Gasteiger partial charge in [0.25, 0.3) is 5.91 Å². The van der Waals surface area contributed by atoms with Crippen LogP contribution < -0.4 is 14.4 Å². The van der Waals surface area contributed by atoms with E-state index in [1.54, 1.807) is 48.5 Å². The van der Waals surface area contributed by atoms with Gasteiger partial charge in [0.05, 0.1) is 25.0 Å². The van der Waals surface area contributed by atoms with Crippen LogP contribution in [0.3, 0.4) is 0 Å². The van der Waals surface area contributed by atoms with E-state index < -0.39 is 10.0 Å². The van der Waals surface area contributed by atoms with Crippen molar-refractivity contribution < 1.29 is 17.9 Å². The molecule has 0 bridgehead atoms. The van der Waals surface area contributed by atoms with Gasteiger partial charge < -0.3 is 10.1 Å². The van der Waals surface area contributed by atoms with Crippen LogP contribution in [0, 0.1) is 0 Å². The Hall–Kier alpha value is -3.03. The van der Waals surface area contributed by atoms with E-state index in [-0.39, 0.29) is 12.5 Å². The summed E-state index contributed by atoms with van der Waals surface area (Å²) in [7, 11) is -3.52. The summed E-state index contributed by atoms with van der Waals surface area (Å²) in [6.45, 7) is 0.858. The lowest BCUT2D eigenvalue weighted by Crippen LogP contribution is -2.30. The normalized spacial score (nSPS) is 11.0. The zero-order valence-electron chi connectivity index (χ0n) is 17.0. The van der Waals surface area contributed by atoms with Gasteiger partial charge in [-0.05, 0) is 54.1 Å². The highest BCUT2D eigenvalue weighted by molar-refractivity contribution is 7.92. The number of carbonyl (C=O) groups is 1. The maximum atomic E-state index is 12.3. The van der Waals surface area contributed by atoms with E-state index in [2.05, 4.69) is 5.32 Å². The molecule has 0 saturated carbocycles. The average Bonchev–Trinajstić information content (AvgIpc) is 2.76. The van der Waals surface area contributed by atoms with E-state index in [1.165, 1.54) is 4.31 Å². The van der Waals surface area contributed by atoms with Crippen molar-refractivity contribution in [2.24, 2.45) is 0 Å². The van der Waals surface area contributed by atoms with Crippen molar-refractivity contribution >= 4 is 33.2 Å². The van der Waals surface area contributed by atoms with Crippen molar-refractivity contribution in [3.63, 3.8) is 0 Å². The molecule has 0 radical (unpaired) electrons. The molecule has 0 aliphatic rings. The van der Waals surface area contributed by atoms with Gasteiger partial charge in [0.2, 0.25) is 10.0 Å². The fourth-order valence-electron chi connectivity index (χ4n) is 2.89. The number of hydrogen-bond donors (Lipinski definition) is 1. The van der Waals surface area contributed by atoms with Crippen molar-refractivity contribution in [1.82, 2.24) is 5.32 Å². The molecule has 0 aromatic heterocycles. The Labute approximate surface area is 187 Å². The second-order valence-corrected chi connectivity index (χ2v) is 9.20. The summed E-state index contributed by atoms with van der Waals surface area (Å²) in [6.07, 6.45) is 1.15. The Kier molecular flexibility index (Phi) is 7.55. The Morgan fingerprint density at radius 2 is 1.61 bits per heavy atom. The van der Waals surface area contributed by atoms with E-state index in [1.807, 2.05) is 30.3 Å². The second-order valence-electron chi connectivity index (χ2n) is 6.86. The summed E-state index contributed by atoms with van der Waals surface area (Å²) in [5.41, 5.74) is 1.71. The molecule has 0 aliphatic carbocycles. The third kappa shape index (κ3) is 6.73. The van der Waals surface area contributed by atoms with Crippen LogP contribution in [0.5, 0.6) is 5.75 Å². The number of anilines is 1. The summed E-state index contributed by atoms with van der Waals surface area (Å²) in [6, 6.07) is 22.8. The van der Waals surface area contributed by atoms with Crippen LogP contribution in [0.2, 0.25) is 5.02 Å². The van der Waals surface area contributed by atoms with Crippen molar-refractivity contribution in [2.75, 3.05) is 23.7 Å². The van der Waals surface area contributed by atoms with Crippen LogP contribution in [-0.4, -0.2) is 33.7 Å². The minimum Gasteiger partial charge on any atom is -0.492 e. The molecule has 8 heteroatoms. The lowest BCUT2D eigenvalue weighted by Gasteiger charge is -2.23. The van der Waals surface area contributed by atoms with Crippen molar-refractivity contribution in [3.05, 3.63) is 95.0 Å². The van der Waals surface area contributed by atoms with Crippen LogP contribution in [0.15, 0.2) is 78.9 Å². The van der Waals surface area contributed by atoms with Gasteiger partial charge in [-0.1, -0.05) is 41.9 Å². The summed E-state index contributed by atoms with van der Waals surface area (Å²) in [4.78, 5) is 12.3. The first-order valence-corrected chi connectivity index (χ1v) is 11.8. The average molecular weight is 459 g/mol. The molecule has 1 amide bonds. The van der Waals surface area contributed by atoms with Gasteiger partial charge in [0.1, 0.15) is 12.4 Å².